The van der Waals surface area contributed by atoms with Crippen LogP contribution in [-0.2, 0) is 9.59 Å². The summed E-state index contributed by atoms with van der Waals surface area (Å²) >= 11 is 1.51. The van der Waals surface area contributed by atoms with Crippen LogP contribution in [0.2, 0.25) is 0 Å². The average molecular weight is 332 g/mol. The molecule has 0 aromatic heterocycles. The van der Waals surface area contributed by atoms with E-state index in [0.717, 1.165) is 10.8 Å². The smallest absolute Gasteiger partial charge is 0.258 e. The zero-order valence-electron chi connectivity index (χ0n) is 12.8. The third-order valence-electron chi connectivity index (χ3n) is 3.32. The Balaban J connectivity index is 1.90. The van der Waals surface area contributed by atoms with Gasteiger partial charge in [-0.15, -0.1) is 0 Å². The van der Waals surface area contributed by atoms with Crippen molar-refractivity contribution >= 4 is 34.4 Å². The molecule has 23 heavy (non-hydrogen) atoms. The largest absolute Gasteiger partial charge is 0.548 e. The second kappa shape index (κ2) is 8.43. The molecule has 2 aromatic carbocycles. The molecule has 5 nitrogen and oxygen atoms in total. The number of carbonyl (C=O) groups is 2. The van der Waals surface area contributed by atoms with Gasteiger partial charge < -0.3 is 20.0 Å². The Bertz CT molecular complexity index is 689. The van der Waals surface area contributed by atoms with Gasteiger partial charge in [0.25, 0.3) is 5.91 Å². The van der Waals surface area contributed by atoms with E-state index in [2.05, 4.69) is 5.32 Å². The molecule has 0 saturated carbocycles. The minimum absolute atomic E-state index is 0.235. The number of carbonyl (C=O) groups excluding carboxylic acids is 2. The van der Waals surface area contributed by atoms with Crippen molar-refractivity contribution in [3.63, 3.8) is 0 Å². The number of fused-ring (bicyclic) bond motifs is 1. The number of amides is 1. The van der Waals surface area contributed by atoms with E-state index in [1.807, 2.05) is 42.7 Å². The van der Waals surface area contributed by atoms with Crippen LogP contribution in [0.4, 0.5) is 0 Å². The molecule has 0 fully saturated rings. The van der Waals surface area contributed by atoms with Gasteiger partial charge in [0.05, 0.1) is 12.0 Å². The summed E-state index contributed by atoms with van der Waals surface area (Å²) in [5, 5.41) is 15.5. The Hall–Kier alpha value is -2.21. The van der Waals surface area contributed by atoms with E-state index < -0.39 is 17.9 Å². The number of benzene rings is 2. The Morgan fingerprint density at radius 1 is 1.22 bits per heavy atom. The molecule has 2 aromatic rings. The number of rotatable bonds is 8. The second-order valence-electron chi connectivity index (χ2n) is 5.02. The minimum Gasteiger partial charge on any atom is -0.548 e. The molecule has 0 aliphatic carbocycles. The number of ether oxygens (including phenoxy) is 1. The predicted octanol–water partition coefficient (Wildman–Crippen LogP) is 1.21. The first-order chi connectivity index (χ1) is 11.1. The zero-order chi connectivity index (χ0) is 16.7. The summed E-state index contributed by atoms with van der Waals surface area (Å²) in [6, 6.07) is 12.4. The SMILES string of the molecule is CSCC[C@H](NC(=O)COc1ccc2ccccc2c1)C(=O)[O-]. The highest BCUT2D eigenvalue weighted by atomic mass is 32.2. The molecule has 0 heterocycles. The molecule has 2 rings (SSSR count). The summed E-state index contributed by atoms with van der Waals surface area (Å²) < 4.78 is 5.43. The maximum Gasteiger partial charge on any atom is 0.258 e. The van der Waals surface area contributed by atoms with Gasteiger partial charge in [-0.05, 0) is 41.3 Å². The lowest BCUT2D eigenvalue weighted by atomic mass is 10.1. The lowest BCUT2D eigenvalue weighted by molar-refractivity contribution is -0.308. The molecule has 0 aliphatic heterocycles. The molecular weight excluding hydrogens is 314 g/mol. The van der Waals surface area contributed by atoms with Gasteiger partial charge in [0, 0.05) is 0 Å². The van der Waals surface area contributed by atoms with Gasteiger partial charge in [-0.1, -0.05) is 30.3 Å². The lowest BCUT2D eigenvalue weighted by Crippen LogP contribution is -2.49. The van der Waals surface area contributed by atoms with Crippen LogP contribution in [0.25, 0.3) is 10.8 Å². The van der Waals surface area contributed by atoms with E-state index >= 15 is 0 Å². The number of carboxylic acid groups (broad SMARTS) is 1. The van der Waals surface area contributed by atoms with Crippen LogP contribution < -0.4 is 15.2 Å². The predicted molar refractivity (Wildman–Crippen MR) is 89.4 cm³/mol. The van der Waals surface area contributed by atoms with Crippen LogP contribution in [0.15, 0.2) is 42.5 Å². The summed E-state index contributed by atoms with van der Waals surface area (Å²) in [4.78, 5) is 22.8. The second-order valence-corrected chi connectivity index (χ2v) is 6.00. The number of hydrogen-bond donors (Lipinski definition) is 1. The molecule has 0 bridgehead atoms. The van der Waals surface area contributed by atoms with Crippen molar-refractivity contribution in [3.05, 3.63) is 42.5 Å². The number of carboxylic acids is 1. The maximum atomic E-state index is 11.8. The van der Waals surface area contributed by atoms with E-state index in [1.54, 1.807) is 6.07 Å². The van der Waals surface area contributed by atoms with Crippen molar-refractivity contribution in [2.45, 2.75) is 12.5 Å². The molecule has 0 radical (unpaired) electrons. The molecule has 1 atom stereocenters. The van der Waals surface area contributed by atoms with Gasteiger partial charge in [-0.25, -0.2) is 0 Å². The number of nitrogens with one attached hydrogen (secondary N) is 1. The van der Waals surface area contributed by atoms with Crippen LogP contribution in [0.1, 0.15) is 6.42 Å². The van der Waals surface area contributed by atoms with E-state index in [-0.39, 0.29) is 6.61 Å². The van der Waals surface area contributed by atoms with Crippen LogP contribution in [0.3, 0.4) is 0 Å². The van der Waals surface area contributed by atoms with Crippen molar-refractivity contribution in [2.24, 2.45) is 0 Å². The standard InChI is InChI=1S/C17H19NO4S/c1-23-9-8-15(17(20)21)18-16(19)11-22-14-7-6-12-4-2-3-5-13(12)10-14/h2-7,10,15H,8-9,11H2,1H3,(H,18,19)(H,20,21)/p-1/t15-/m0/s1. The summed E-state index contributed by atoms with van der Waals surface area (Å²) in [7, 11) is 0. The monoisotopic (exact) mass is 332 g/mol. The molecular formula is C17H18NO4S-. The molecule has 0 aliphatic rings. The third kappa shape index (κ3) is 5.17. The van der Waals surface area contributed by atoms with Gasteiger partial charge in [0.15, 0.2) is 6.61 Å². The van der Waals surface area contributed by atoms with E-state index in [1.165, 1.54) is 11.8 Å². The van der Waals surface area contributed by atoms with Crippen molar-refractivity contribution in [1.82, 2.24) is 5.32 Å². The Kier molecular flexibility index (Phi) is 6.29. The quantitative estimate of drug-likeness (QED) is 0.786. The van der Waals surface area contributed by atoms with Crippen molar-refractivity contribution < 1.29 is 19.4 Å². The summed E-state index contributed by atoms with van der Waals surface area (Å²) in [5.74, 6) is -0.565. The highest BCUT2D eigenvalue weighted by molar-refractivity contribution is 7.98. The fourth-order valence-electron chi connectivity index (χ4n) is 2.13. The van der Waals surface area contributed by atoms with Crippen molar-refractivity contribution in [2.75, 3.05) is 18.6 Å². The molecule has 1 amide bonds. The zero-order valence-corrected chi connectivity index (χ0v) is 13.6. The number of aliphatic carboxylic acids is 1. The van der Waals surface area contributed by atoms with Crippen LogP contribution in [0.5, 0.6) is 5.75 Å². The van der Waals surface area contributed by atoms with Crippen LogP contribution >= 0.6 is 11.8 Å². The topological polar surface area (TPSA) is 78.5 Å². The maximum absolute atomic E-state index is 11.8. The fraction of sp³-hybridized carbons (Fsp3) is 0.294. The van der Waals surface area contributed by atoms with Crippen LogP contribution in [0, 0.1) is 0 Å². The van der Waals surface area contributed by atoms with Gasteiger partial charge in [0.2, 0.25) is 0 Å². The molecule has 122 valence electrons. The fourth-order valence-corrected chi connectivity index (χ4v) is 2.60. The van der Waals surface area contributed by atoms with Crippen molar-refractivity contribution in [1.29, 1.82) is 0 Å². The normalized spacial score (nSPS) is 11.9. The van der Waals surface area contributed by atoms with Gasteiger partial charge in [-0.3, -0.25) is 4.79 Å². The molecule has 0 spiro atoms. The highest BCUT2D eigenvalue weighted by Crippen LogP contribution is 2.20. The first-order valence-corrected chi connectivity index (χ1v) is 8.60. The Morgan fingerprint density at radius 2 is 1.96 bits per heavy atom. The average Bonchev–Trinajstić information content (AvgIpc) is 2.56. The van der Waals surface area contributed by atoms with Crippen molar-refractivity contribution in [3.8, 4) is 5.75 Å². The van der Waals surface area contributed by atoms with Gasteiger partial charge in [-0.2, -0.15) is 11.8 Å². The Morgan fingerprint density at radius 3 is 2.65 bits per heavy atom. The first-order valence-electron chi connectivity index (χ1n) is 7.21. The molecule has 1 N–H and O–H groups in total. The van der Waals surface area contributed by atoms with E-state index in [0.29, 0.717) is 17.9 Å². The number of hydrogen-bond acceptors (Lipinski definition) is 5. The lowest BCUT2D eigenvalue weighted by Gasteiger charge is -2.19. The first kappa shape index (κ1) is 17.1. The van der Waals surface area contributed by atoms with Gasteiger partial charge >= 0.3 is 0 Å². The Labute approximate surface area is 139 Å². The minimum atomic E-state index is -1.28. The number of thioether (sulfide) groups is 1. The highest BCUT2D eigenvalue weighted by Gasteiger charge is 2.13. The summed E-state index contributed by atoms with van der Waals surface area (Å²) in [6.07, 6.45) is 2.20. The molecule has 0 saturated heterocycles. The van der Waals surface area contributed by atoms with Crippen LogP contribution in [-0.4, -0.2) is 36.5 Å². The van der Waals surface area contributed by atoms with E-state index in [9.17, 15) is 14.7 Å². The third-order valence-corrected chi connectivity index (χ3v) is 3.97. The summed E-state index contributed by atoms with van der Waals surface area (Å²) in [6.45, 7) is -0.235. The molecule has 6 heteroatoms. The summed E-state index contributed by atoms with van der Waals surface area (Å²) in [5.41, 5.74) is 0. The van der Waals surface area contributed by atoms with E-state index in [4.69, 9.17) is 4.74 Å². The van der Waals surface area contributed by atoms with Gasteiger partial charge in [0.1, 0.15) is 5.75 Å². The molecule has 0 unspecified atom stereocenters.